The minimum atomic E-state index is -1.20. The van der Waals surface area contributed by atoms with Gasteiger partial charge in [-0.05, 0) is 16.3 Å². The Bertz CT molecular complexity index is 662. The van der Waals surface area contributed by atoms with Gasteiger partial charge in [0, 0.05) is 0 Å². The summed E-state index contributed by atoms with van der Waals surface area (Å²) in [5.74, 6) is -1.16. The average Bonchev–Trinajstić information content (AvgIpc) is 2.80. The number of nitrogens with one attached hydrogen (secondary N) is 1. The maximum atomic E-state index is 11.3. The van der Waals surface area contributed by atoms with Crippen LogP contribution in [0.25, 0.3) is 10.8 Å². The summed E-state index contributed by atoms with van der Waals surface area (Å²) in [6.45, 7) is 0. The topological polar surface area (TPSA) is 75.6 Å². The highest BCUT2D eigenvalue weighted by Gasteiger charge is 2.41. The fraction of sp³-hybridized carbons (Fsp3) is 0.143. The number of cyclic esters (lactones) is 1. The first-order valence-corrected chi connectivity index (χ1v) is 5.84. The van der Waals surface area contributed by atoms with Crippen LogP contribution in [-0.2, 0) is 9.53 Å². The quantitative estimate of drug-likeness (QED) is 0.863. The van der Waals surface area contributed by atoms with Crippen LogP contribution < -0.4 is 5.32 Å². The molecule has 19 heavy (non-hydrogen) atoms. The SMILES string of the molecule is O=C1N[C@H](c2cccc3ccccc23)[C@@H](C(=O)O)O1. The molecule has 0 spiro atoms. The third-order valence-corrected chi connectivity index (χ3v) is 3.21. The Morgan fingerprint density at radius 2 is 1.89 bits per heavy atom. The summed E-state index contributed by atoms with van der Waals surface area (Å²) in [4.78, 5) is 22.4. The van der Waals surface area contributed by atoms with E-state index < -0.39 is 24.2 Å². The molecule has 1 fully saturated rings. The zero-order valence-electron chi connectivity index (χ0n) is 9.87. The maximum absolute atomic E-state index is 11.3. The maximum Gasteiger partial charge on any atom is 0.408 e. The fourth-order valence-corrected chi connectivity index (χ4v) is 2.38. The average molecular weight is 257 g/mol. The molecule has 1 amide bonds. The summed E-state index contributed by atoms with van der Waals surface area (Å²) in [7, 11) is 0. The summed E-state index contributed by atoms with van der Waals surface area (Å²) < 4.78 is 4.79. The van der Waals surface area contributed by atoms with Gasteiger partial charge in [-0.2, -0.15) is 0 Å². The molecule has 1 aliphatic rings. The number of benzene rings is 2. The molecule has 1 saturated heterocycles. The molecule has 0 aliphatic carbocycles. The van der Waals surface area contributed by atoms with Crippen LogP contribution in [0.1, 0.15) is 11.6 Å². The molecule has 0 unspecified atom stereocenters. The van der Waals surface area contributed by atoms with Crippen molar-refractivity contribution in [2.75, 3.05) is 0 Å². The first-order valence-electron chi connectivity index (χ1n) is 5.84. The summed E-state index contributed by atoms with van der Waals surface area (Å²) in [6.07, 6.45) is -1.90. The molecule has 96 valence electrons. The van der Waals surface area contributed by atoms with Crippen molar-refractivity contribution in [3.8, 4) is 0 Å². The van der Waals surface area contributed by atoms with Crippen molar-refractivity contribution in [1.29, 1.82) is 0 Å². The van der Waals surface area contributed by atoms with Gasteiger partial charge < -0.3 is 15.2 Å². The van der Waals surface area contributed by atoms with Gasteiger partial charge in [-0.15, -0.1) is 0 Å². The van der Waals surface area contributed by atoms with Crippen LogP contribution >= 0.6 is 0 Å². The second-order valence-corrected chi connectivity index (χ2v) is 4.35. The molecule has 1 heterocycles. The monoisotopic (exact) mass is 257 g/mol. The van der Waals surface area contributed by atoms with Gasteiger partial charge in [-0.25, -0.2) is 9.59 Å². The molecule has 0 aromatic heterocycles. The van der Waals surface area contributed by atoms with Crippen LogP contribution in [-0.4, -0.2) is 23.3 Å². The zero-order valence-corrected chi connectivity index (χ0v) is 9.87. The lowest BCUT2D eigenvalue weighted by molar-refractivity contribution is -0.146. The molecule has 1 aliphatic heterocycles. The summed E-state index contributed by atoms with van der Waals surface area (Å²) in [5.41, 5.74) is 0.747. The summed E-state index contributed by atoms with van der Waals surface area (Å²) in [6, 6.07) is 12.5. The van der Waals surface area contributed by atoms with Crippen LogP contribution in [0.2, 0.25) is 0 Å². The zero-order chi connectivity index (χ0) is 13.4. The molecule has 2 N–H and O–H groups in total. The van der Waals surface area contributed by atoms with Crippen molar-refractivity contribution in [2.45, 2.75) is 12.1 Å². The Morgan fingerprint density at radius 1 is 1.16 bits per heavy atom. The number of rotatable bonds is 2. The molecule has 2 atom stereocenters. The Balaban J connectivity index is 2.13. The molecule has 5 nitrogen and oxygen atoms in total. The van der Waals surface area contributed by atoms with Crippen molar-refractivity contribution in [2.24, 2.45) is 0 Å². The van der Waals surface area contributed by atoms with E-state index in [4.69, 9.17) is 9.84 Å². The second-order valence-electron chi connectivity index (χ2n) is 4.35. The Labute approximate surface area is 108 Å². The van der Waals surface area contributed by atoms with E-state index in [0.29, 0.717) is 0 Å². The van der Waals surface area contributed by atoms with Crippen LogP contribution in [0.4, 0.5) is 4.79 Å². The Kier molecular flexibility index (Phi) is 2.59. The minimum absolute atomic E-state index is 0.670. The molecular weight excluding hydrogens is 246 g/mol. The number of fused-ring (bicyclic) bond motifs is 1. The molecule has 3 rings (SSSR count). The summed E-state index contributed by atoms with van der Waals surface area (Å²) in [5, 5.41) is 13.6. The first kappa shape index (κ1) is 11.5. The largest absolute Gasteiger partial charge is 0.478 e. The Hall–Kier alpha value is -2.56. The number of carbonyl (C=O) groups excluding carboxylic acids is 1. The number of carboxylic acids is 1. The molecule has 0 radical (unpaired) electrons. The van der Waals surface area contributed by atoms with E-state index in [-0.39, 0.29) is 0 Å². The molecule has 2 aromatic carbocycles. The highest BCUT2D eigenvalue weighted by atomic mass is 16.6. The van der Waals surface area contributed by atoms with Crippen LogP contribution in [0, 0.1) is 0 Å². The number of amides is 1. The number of aliphatic carboxylic acids is 1. The van der Waals surface area contributed by atoms with E-state index in [1.54, 1.807) is 6.07 Å². The lowest BCUT2D eigenvalue weighted by atomic mass is 9.96. The lowest BCUT2D eigenvalue weighted by Gasteiger charge is -2.15. The number of ether oxygens (including phenoxy) is 1. The van der Waals surface area contributed by atoms with E-state index in [1.165, 1.54) is 0 Å². The van der Waals surface area contributed by atoms with E-state index in [9.17, 15) is 9.59 Å². The van der Waals surface area contributed by atoms with Crippen molar-refractivity contribution >= 4 is 22.8 Å². The molecule has 2 aromatic rings. The normalized spacial score (nSPS) is 22.0. The van der Waals surface area contributed by atoms with Gasteiger partial charge in [0.05, 0.1) is 0 Å². The van der Waals surface area contributed by atoms with E-state index >= 15 is 0 Å². The van der Waals surface area contributed by atoms with Gasteiger partial charge in [0.2, 0.25) is 6.10 Å². The highest BCUT2D eigenvalue weighted by molar-refractivity contribution is 5.89. The van der Waals surface area contributed by atoms with Gasteiger partial charge in [0.1, 0.15) is 6.04 Å². The number of hydrogen-bond acceptors (Lipinski definition) is 3. The van der Waals surface area contributed by atoms with Gasteiger partial charge in [0.25, 0.3) is 0 Å². The second kappa shape index (κ2) is 4.28. The van der Waals surface area contributed by atoms with E-state index in [2.05, 4.69) is 5.32 Å². The van der Waals surface area contributed by atoms with Gasteiger partial charge >= 0.3 is 12.1 Å². The number of carboxylic acid groups (broad SMARTS) is 1. The first-order chi connectivity index (χ1) is 9.16. The molecular formula is C14H11NO4. The third-order valence-electron chi connectivity index (χ3n) is 3.21. The van der Waals surface area contributed by atoms with Gasteiger partial charge in [0.15, 0.2) is 0 Å². The third kappa shape index (κ3) is 1.89. The van der Waals surface area contributed by atoms with Crippen molar-refractivity contribution in [3.63, 3.8) is 0 Å². The van der Waals surface area contributed by atoms with Gasteiger partial charge in [-0.3, -0.25) is 0 Å². The van der Waals surface area contributed by atoms with Crippen LogP contribution in [0.15, 0.2) is 42.5 Å². The van der Waals surface area contributed by atoms with Crippen molar-refractivity contribution in [1.82, 2.24) is 5.32 Å². The number of hydrogen-bond donors (Lipinski definition) is 2. The molecule has 0 saturated carbocycles. The lowest BCUT2D eigenvalue weighted by Crippen LogP contribution is -2.29. The number of carbonyl (C=O) groups is 2. The minimum Gasteiger partial charge on any atom is -0.478 e. The van der Waals surface area contributed by atoms with Crippen molar-refractivity contribution in [3.05, 3.63) is 48.0 Å². The fourth-order valence-electron chi connectivity index (χ4n) is 2.38. The van der Waals surface area contributed by atoms with Crippen LogP contribution in [0.3, 0.4) is 0 Å². The van der Waals surface area contributed by atoms with E-state index in [0.717, 1.165) is 16.3 Å². The van der Waals surface area contributed by atoms with Crippen LogP contribution in [0.5, 0.6) is 0 Å². The standard InChI is InChI=1S/C14H11NO4/c16-13(17)12-11(15-14(18)19-12)10-7-3-5-8-4-1-2-6-9(8)10/h1-7,11-12H,(H,15,18)(H,16,17)/t11-,12+/m1/s1. The van der Waals surface area contributed by atoms with Gasteiger partial charge in [-0.1, -0.05) is 42.5 Å². The summed E-state index contributed by atoms with van der Waals surface area (Å²) >= 11 is 0. The Morgan fingerprint density at radius 3 is 2.68 bits per heavy atom. The molecule has 5 heteroatoms. The molecule has 0 bridgehead atoms. The highest BCUT2D eigenvalue weighted by Crippen LogP contribution is 2.30. The predicted molar refractivity (Wildman–Crippen MR) is 67.7 cm³/mol. The van der Waals surface area contributed by atoms with Crippen molar-refractivity contribution < 1.29 is 19.4 Å². The smallest absolute Gasteiger partial charge is 0.408 e. The van der Waals surface area contributed by atoms with E-state index in [1.807, 2.05) is 36.4 Å². The predicted octanol–water partition coefficient (Wildman–Crippen LogP) is 2.07. The number of alkyl carbamates (subject to hydrolysis) is 1.